The molecule has 2 aromatic rings. The molecule has 0 spiro atoms. The van der Waals surface area contributed by atoms with Crippen molar-refractivity contribution in [1.29, 1.82) is 0 Å². The van der Waals surface area contributed by atoms with Crippen molar-refractivity contribution in [2.75, 3.05) is 5.32 Å². The van der Waals surface area contributed by atoms with Crippen LogP contribution in [0.25, 0.3) is 0 Å². The van der Waals surface area contributed by atoms with E-state index in [2.05, 4.69) is 36.6 Å². The highest BCUT2D eigenvalue weighted by Gasteiger charge is 2.22. The predicted molar refractivity (Wildman–Crippen MR) is 102 cm³/mol. The van der Waals surface area contributed by atoms with Gasteiger partial charge in [-0.05, 0) is 36.6 Å². The van der Waals surface area contributed by atoms with Crippen LogP contribution in [-0.2, 0) is 4.79 Å². The number of carbonyl (C=O) groups excluding carboxylic acids is 1. The molecule has 2 atom stereocenters. The summed E-state index contributed by atoms with van der Waals surface area (Å²) >= 11 is 12.0. The highest BCUT2D eigenvalue weighted by atomic mass is 35.5. The van der Waals surface area contributed by atoms with E-state index in [1.165, 1.54) is 0 Å². The molecule has 1 amide bonds. The molecule has 0 aliphatic rings. The van der Waals surface area contributed by atoms with E-state index in [1.54, 1.807) is 18.2 Å². The van der Waals surface area contributed by atoms with E-state index >= 15 is 0 Å². The summed E-state index contributed by atoms with van der Waals surface area (Å²) in [7, 11) is 0. The lowest BCUT2D eigenvalue weighted by molar-refractivity contribution is -0.118. The lowest BCUT2D eigenvalue weighted by atomic mass is 9.95. The van der Waals surface area contributed by atoms with Gasteiger partial charge in [0.15, 0.2) is 0 Å². The molecule has 2 N–H and O–H groups in total. The first kappa shape index (κ1) is 18.8. The van der Waals surface area contributed by atoms with Crippen molar-refractivity contribution in [2.45, 2.75) is 32.9 Å². The molecule has 0 aliphatic carbocycles. The van der Waals surface area contributed by atoms with Crippen molar-refractivity contribution < 1.29 is 4.79 Å². The predicted octanol–water partition coefficient (Wildman–Crippen LogP) is 5.31. The monoisotopic (exact) mass is 364 g/mol. The summed E-state index contributed by atoms with van der Waals surface area (Å²) in [4.78, 5) is 12.5. The van der Waals surface area contributed by atoms with E-state index in [1.807, 2.05) is 25.1 Å². The van der Waals surface area contributed by atoms with Crippen LogP contribution in [-0.4, -0.2) is 11.9 Å². The Morgan fingerprint density at radius 2 is 1.67 bits per heavy atom. The van der Waals surface area contributed by atoms with Crippen LogP contribution in [0.2, 0.25) is 10.0 Å². The molecule has 0 saturated heterocycles. The first-order valence-electron chi connectivity index (χ1n) is 7.95. The van der Waals surface area contributed by atoms with E-state index in [-0.39, 0.29) is 18.0 Å². The summed E-state index contributed by atoms with van der Waals surface area (Å²) in [6.07, 6.45) is 0. The van der Waals surface area contributed by atoms with Crippen LogP contribution in [0, 0.1) is 5.92 Å². The van der Waals surface area contributed by atoms with Crippen LogP contribution in [0.1, 0.15) is 32.4 Å². The number of rotatable bonds is 6. The zero-order valence-electron chi connectivity index (χ0n) is 14.0. The summed E-state index contributed by atoms with van der Waals surface area (Å²) in [6.45, 7) is 6.11. The van der Waals surface area contributed by atoms with Gasteiger partial charge in [-0.25, -0.2) is 0 Å². The zero-order chi connectivity index (χ0) is 17.7. The SMILES string of the molecule is CC(C)[C@H](N[C@H](C)C(=O)Nc1ccc(Cl)cc1Cl)c1ccccc1. The average molecular weight is 365 g/mol. The number of carbonyl (C=O) groups is 1. The molecule has 0 unspecified atom stereocenters. The van der Waals surface area contributed by atoms with Crippen molar-refractivity contribution >= 4 is 34.8 Å². The Labute approximate surface area is 153 Å². The summed E-state index contributed by atoms with van der Waals surface area (Å²) in [5.41, 5.74) is 1.72. The molecule has 0 aromatic heterocycles. The molecule has 0 heterocycles. The van der Waals surface area contributed by atoms with Gasteiger partial charge in [-0.15, -0.1) is 0 Å². The minimum absolute atomic E-state index is 0.0904. The normalized spacial score (nSPS) is 13.6. The number of benzene rings is 2. The van der Waals surface area contributed by atoms with E-state index in [9.17, 15) is 4.79 Å². The maximum atomic E-state index is 12.5. The Bertz CT molecular complexity index is 689. The Kier molecular flexibility index (Phi) is 6.67. The van der Waals surface area contributed by atoms with Crippen molar-refractivity contribution in [2.24, 2.45) is 5.92 Å². The quantitative estimate of drug-likeness (QED) is 0.729. The molecule has 2 aromatic carbocycles. The van der Waals surface area contributed by atoms with Gasteiger partial charge in [0.1, 0.15) is 0 Å². The standard InChI is InChI=1S/C19H22Cl2N2O/c1-12(2)18(14-7-5-4-6-8-14)22-13(3)19(24)23-17-10-9-15(20)11-16(17)21/h4-13,18,22H,1-3H3,(H,23,24)/t13-,18+/m1/s1. The molecule has 0 aliphatic heterocycles. The van der Waals surface area contributed by atoms with E-state index in [4.69, 9.17) is 23.2 Å². The lowest BCUT2D eigenvalue weighted by Gasteiger charge is -2.26. The second-order valence-corrected chi connectivity index (χ2v) is 6.98. The largest absolute Gasteiger partial charge is 0.323 e. The van der Waals surface area contributed by atoms with Gasteiger partial charge in [-0.1, -0.05) is 67.4 Å². The number of hydrogen-bond acceptors (Lipinski definition) is 2. The van der Waals surface area contributed by atoms with Crippen molar-refractivity contribution in [3.8, 4) is 0 Å². The average Bonchev–Trinajstić information content (AvgIpc) is 2.55. The molecule has 0 bridgehead atoms. The Morgan fingerprint density at radius 1 is 1.00 bits per heavy atom. The maximum Gasteiger partial charge on any atom is 0.241 e. The highest BCUT2D eigenvalue weighted by molar-refractivity contribution is 6.36. The molecular weight excluding hydrogens is 343 g/mol. The summed E-state index contributed by atoms with van der Waals surface area (Å²) < 4.78 is 0. The number of amides is 1. The van der Waals surface area contributed by atoms with Gasteiger partial charge >= 0.3 is 0 Å². The number of hydrogen-bond donors (Lipinski definition) is 2. The second kappa shape index (κ2) is 8.52. The molecular formula is C19H22Cl2N2O. The van der Waals surface area contributed by atoms with Crippen LogP contribution in [0.3, 0.4) is 0 Å². The van der Waals surface area contributed by atoms with E-state index in [0.29, 0.717) is 21.7 Å². The summed E-state index contributed by atoms with van der Waals surface area (Å²) in [6, 6.07) is 14.9. The van der Waals surface area contributed by atoms with Crippen molar-refractivity contribution in [1.82, 2.24) is 5.32 Å². The minimum atomic E-state index is -0.371. The first-order valence-corrected chi connectivity index (χ1v) is 8.71. The fraction of sp³-hybridized carbons (Fsp3) is 0.316. The van der Waals surface area contributed by atoms with Crippen LogP contribution < -0.4 is 10.6 Å². The summed E-state index contributed by atoms with van der Waals surface area (Å²) in [5.74, 6) is 0.211. The van der Waals surface area contributed by atoms with E-state index < -0.39 is 0 Å². The molecule has 2 rings (SSSR count). The van der Waals surface area contributed by atoms with Gasteiger partial charge in [0.2, 0.25) is 5.91 Å². The minimum Gasteiger partial charge on any atom is -0.323 e. The zero-order valence-corrected chi connectivity index (χ0v) is 15.5. The third kappa shape index (κ3) is 4.97. The van der Waals surface area contributed by atoms with Gasteiger partial charge in [0, 0.05) is 11.1 Å². The molecule has 5 heteroatoms. The molecule has 0 radical (unpaired) electrons. The van der Waals surface area contributed by atoms with Crippen LogP contribution in [0.15, 0.2) is 48.5 Å². The van der Waals surface area contributed by atoms with Gasteiger partial charge < -0.3 is 5.32 Å². The van der Waals surface area contributed by atoms with Gasteiger partial charge in [0.25, 0.3) is 0 Å². The third-order valence-corrected chi connectivity index (χ3v) is 4.39. The molecule has 3 nitrogen and oxygen atoms in total. The Hall–Kier alpha value is -1.55. The van der Waals surface area contributed by atoms with Gasteiger partial charge in [-0.2, -0.15) is 0 Å². The lowest BCUT2D eigenvalue weighted by Crippen LogP contribution is -2.41. The third-order valence-electron chi connectivity index (χ3n) is 3.84. The van der Waals surface area contributed by atoms with Crippen LogP contribution >= 0.6 is 23.2 Å². The van der Waals surface area contributed by atoms with Crippen LogP contribution in [0.5, 0.6) is 0 Å². The van der Waals surface area contributed by atoms with Gasteiger partial charge in [-0.3, -0.25) is 10.1 Å². The van der Waals surface area contributed by atoms with Crippen molar-refractivity contribution in [3.63, 3.8) is 0 Å². The Balaban J connectivity index is 2.06. The smallest absolute Gasteiger partial charge is 0.241 e. The number of halogens is 2. The number of nitrogens with one attached hydrogen (secondary N) is 2. The maximum absolute atomic E-state index is 12.5. The second-order valence-electron chi connectivity index (χ2n) is 6.13. The van der Waals surface area contributed by atoms with E-state index in [0.717, 1.165) is 5.56 Å². The van der Waals surface area contributed by atoms with Crippen LogP contribution in [0.4, 0.5) is 5.69 Å². The topological polar surface area (TPSA) is 41.1 Å². The van der Waals surface area contributed by atoms with Gasteiger partial charge in [0.05, 0.1) is 16.8 Å². The highest BCUT2D eigenvalue weighted by Crippen LogP contribution is 2.26. The molecule has 0 fully saturated rings. The fourth-order valence-corrected chi connectivity index (χ4v) is 2.97. The number of anilines is 1. The molecule has 24 heavy (non-hydrogen) atoms. The molecule has 0 saturated carbocycles. The Morgan fingerprint density at radius 3 is 2.25 bits per heavy atom. The van der Waals surface area contributed by atoms with Crippen molar-refractivity contribution in [3.05, 3.63) is 64.1 Å². The molecule has 128 valence electrons. The first-order chi connectivity index (χ1) is 11.4. The fourth-order valence-electron chi connectivity index (χ4n) is 2.51. The summed E-state index contributed by atoms with van der Waals surface area (Å²) in [5, 5.41) is 7.20.